The van der Waals surface area contributed by atoms with Gasteiger partial charge in [-0.25, -0.2) is 0 Å². The summed E-state index contributed by atoms with van der Waals surface area (Å²) in [4.78, 5) is 2.48. The molecule has 1 unspecified atom stereocenters. The van der Waals surface area contributed by atoms with Gasteiger partial charge in [0.1, 0.15) is 0 Å². The molecule has 0 aromatic heterocycles. The number of rotatable bonds is 3. The second-order valence-corrected chi connectivity index (χ2v) is 4.26. The highest BCUT2D eigenvalue weighted by Crippen LogP contribution is 2.10. The van der Waals surface area contributed by atoms with Crippen LogP contribution in [-0.4, -0.2) is 49.7 Å². The van der Waals surface area contributed by atoms with E-state index in [2.05, 4.69) is 22.5 Å². The molecule has 0 aliphatic carbocycles. The molecule has 2 aliphatic heterocycles. The molecule has 3 heteroatoms. The fourth-order valence-electron chi connectivity index (χ4n) is 2.26. The Hall–Kier alpha value is -0.120. The molecule has 0 aromatic rings. The monoisotopic (exact) mass is 183 g/mol. The molecule has 0 bridgehead atoms. The second kappa shape index (κ2) is 4.40. The van der Waals surface area contributed by atoms with Gasteiger partial charge in [0, 0.05) is 31.7 Å². The quantitative estimate of drug-likeness (QED) is 0.646. The highest BCUT2D eigenvalue weighted by molar-refractivity contribution is 4.89. The zero-order chi connectivity index (χ0) is 9.10. The summed E-state index contributed by atoms with van der Waals surface area (Å²) in [5, 5.41) is 7.15. The van der Waals surface area contributed by atoms with Crippen LogP contribution in [0.3, 0.4) is 0 Å². The van der Waals surface area contributed by atoms with Gasteiger partial charge < -0.3 is 15.5 Å². The summed E-state index contributed by atoms with van der Waals surface area (Å²) in [7, 11) is 0. The van der Waals surface area contributed by atoms with Gasteiger partial charge in [0.25, 0.3) is 0 Å². The largest absolute Gasteiger partial charge is 0.315 e. The molecule has 1 atom stereocenters. The van der Waals surface area contributed by atoms with Crippen LogP contribution in [0, 0.1) is 0 Å². The highest BCUT2D eigenvalue weighted by Gasteiger charge is 2.27. The van der Waals surface area contributed by atoms with Crippen molar-refractivity contribution in [1.29, 1.82) is 0 Å². The van der Waals surface area contributed by atoms with Crippen LogP contribution in [-0.2, 0) is 0 Å². The van der Waals surface area contributed by atoms with Crippen molar-refractivity contribution in [2.75, 3.05) is 32.7 Å². The standard InChI is InChI=1S/C10H21N3/c1-2-13-7-10(8-13)12-9-4-3-5-11-6-9/h9-12H,2-8H2,1H3. The molecule has 0 saturated carbocycles. The molecule has 0 radical (unpaired) electrons. The molecule has 76 valence electrons. The Morgan fingerprint density at radius 1 is 1.38 bits per heavy atom. The third kappa shape index (κ3) is 2.42. The first kappa shape index (κ1) is 9.44. The van der Waals surface area contributed by atoms with Gasteiger partial charge >= 0.3 is 0 Å². The maximum Gasteiger partial charge on any atom is 0.0325 e. The van der Waals surface area contributed by atoms with E-state index >= 15 is 0 Å². The maximum absolute atomic E-state index is 3.72. The van der Waals surface area contributed by atoms with Crippen LogP contribution in [0.25, 0.3) is 0 Å². The van der Waals surface area contributed by atoms with Crippen molar-refractivity contribution < 1.29 is 0 Å². The Morgan fingerprint density at radius 3 is 2.85 bits per heavy atom. The van der Waals surface area contributed by atoms with E-state index in [1.165, 1.54) is 45.6 Å². The summed E-state index contributed by atoms with van der Waals surface area (Å²) < 4.78 is 0. The van der Waals surface area contributed by atoms with Crippen molar-refractivity contribution in [2.45, 2.75) is 31.8 Å². The van der Waals surface area contributed by atoms with Crippen LogP contribution in [0.4, 0.5) is 0 Å². The molecule has 2 fully saturated rings. The van der Waals surface area contributed by atoms with Crippen molar-refractivity contribution in [3.8, 4) is 0 Å². The van der Waals surface area contributed by atoms with Crippen LogP contribution >= 0.6 is 0 Å². The lowest BCUT2D eigenvalue weighted by Gasteiger charge is -2.41. The van der Waals surface area contributed by atoms with Crippen LogP contribution in [0.5, 0.6) is 0 Å². The van der Waals surface area contributed by atoms with E-state index in [0.717, 1.165) is 12.1 Å². The fourth-order valence-corrected chi connectivity index (χ4v) is 2.26. The molecular weight excluding hydrogens is 162 g/mol. The Morgan fingerprint density at radius 2 is 2.23 bits per heavy atom. The summed E-state index contributed by atoms with van der Waals surface area (Å²) >= 11 is 0. The van der Waals surface area contributed by atoms with Gasteiger partial charge in [-0.1, -0.05) is 6.92 Å². The maximum atomic E-state index is 3.72. The molecule has 2 heterocycles. The van der Waals surface area contributed by atoms with Crippen molar-refractivity contribution in [3.63, 3.8) is 0 Å². The molecule has 2 rings (SSSR count). The number of hydrogen-bond acceptors (Lipinski definition) is 3. The van der Waals surface area contributed by atoms with Crippen molar-refractivity contribution in [1.82, 2.24) is 15.5 Å². The van der Waals surface area contributed by atoms with Crippen LogP contribution in [0.15, 0.2) is 0 Å². The molecule has 3 nitrogen and oxygen atoms in total. The van der Waals surface area contributed by atoms with Gasteiger partial charge in [-0.3, -0.25) is 0 Å². The predicted molar refractivity (Wildman–Crippen MR) is 54.9 cm³/mol. The number of nitrogens with one attached hydrogen (secondary N) is 2. The number of piperidine rings is 1. The molecule has 13 heavy (non-hydrogen) atoms. The van der Waals surface area contributed by atoms with Gasteiger partial charge in [0.15, 0.2) is 0 Å². The van der Waals surface area contributed by atoms with Crippen LogP contribution in [0.2, 0.25) is 0 Å². The van der Waals surface area contributed by atoms with Gasteiger partial charge in [-0.05, 0) is 25.9 Å². The lowest BCUT2D eigenvalue weighted by molar-refractivity contribution is 0.121. The first-order valence-electron chi connectivity index (χ1n) is 5.57. The average molecular weight is 183 g/mol. The second-order valence-electron chi connectivity index (χ2n) is 4.26. The van der Waals surface area contributed by atoms with Crippen LogP contribution in [0.1, 0.15) is 19.8 Å². The third-order valence-electron chi connectivity index (χ3n) is 3.17. The van der Waals surface area contributed by atoms with Gasteiger partial charge in [0.2, 0.25) is 0 Å². The first-order valence-corrected chi connectivity index (χ1v) is 5.57. The summed E-state index contributed by atoms with van der Waals surface area (Å²) in [5.74, 6) is 0. The zero-order valence-electron chi connectivity index (χ0n) is 8.55. The van der Waals surface area contributed by atoms with Gasteiger partial charge in [-0.2, -0.15) is 0 Å². The number of nitrogens with zero attached hydrogens (tertiary/aromatic N) is 1. The summed E-state index contributed by atoms with van der Waals surface area (Å²) in [6.45, 7) is 8.34. The van der Waals surface area contributed by atoms with E-state index in [-0.39, 0.29) is 0 Å². The van der Waals surface area contributed by atoms with Gasteiger partial charge in [-0.15, -0.1) is 0 Å². The van der Waals surface area contributed by atoms with Crippen molar-refractivity contribution in [3.05, 3.63) is 0 Å². The molecular formula is C10H21N3. The number of likely N-dealkylation sites (tertiary alicyclic amines) is 1. The lowest BCUT2D eigenvalue weighted by Crippen LogP contribution is -2.61. The average Bonchev–Trinajstić information content (AvgIpc) is 2.12. The lowest BCUT2D eigenvalue weighted by atomic mass is 10.0. The molecule has 0 amide bonds. The highest BCUT2D eigenvalue weighted by atomic mass is 15.2. The van der Waals surface area contributed by atoms with E-state index in [0.29, 0.717) is 0 Å². The van der Waals surface area contributed by atoms with E-state index in [1.54, 1.807) is 0 Å². The SMILES string of the molecule is CCN1CC(NC2CCCNC2)C1. The predicted octanol–water partition coefficient (Wildman–Crippen LogP) is 0.0321. The minimum absolute atomic E-state index is 0.734. The van der Waals surface area contributed by atoms with Crippen molar-refractivity contribution >= 4 is 0 Å². The molecule has 2 aliphatic rings. The smallest absolute Gasteiger partial charge is 0.0325 e. The zero-order valence-corrected chi connectivity index (χ0v) is 8.55. The van der Waals surface area contributed by atoms with Gasteiger partial charge in [0.05, 0.1) is 0 Å². The number of likely N-dealkylation sites (N-methyl/N-ethyl adjacent to an activating group) is 1. The third-order valence-corrected chi connectivity index (χ3v) is 3.17. The molecule has 2 N–H and O–H groups in total. The molecule has 0 aromatic carbocycles. The summed E-state index contributed by atoms with van der Waals surface area (Å²) in [5.41, 5.74) is 0. The Labute approximate surface area is 80.9 Å². The normalized spacial score (nSPS) is 31.6. The fraction of sp³-hybridized carbons (Fsp3) is 1.00. The number of hydrogen-bond donors (Lipinski definition) is 2. The Balaban J connectivity index is 1.62. The molecule has 2 saturated heterocycles. The van der Waals surface area contributed by atoms with Crippen LogP contribution < -0.4 is 10.6 Å². The summed E-state index contributed by atoms with van der Waals surface area (Å²) in [6.07, 6.45) is 2.69. The molecule has 0 spiro atoms. The topological polar surface area (TPSA) is 27.3 Å². The first-order chi connectivity index (χ1) is 6.38. The minimum Gasteiger partial charge on any atom is -0.315 e. The Kier molecular flexibility index (Phi) is 3.19. The van der Waals surface area contributed by atoms with Crippen molar-refractivity contribution in [2.24, 2.45) is 0 Å². The Bertz CT molecular complexity index is 148. The van der Waals surface area contributed by atoms with E-state index < -0.39 is 0 Å². The van der Waals surface area contributed by atoms with E-state index in [1.807, 2.05) is 0 Å². The van der Waals surface area contributed by atoms with E-state index in [4.69, 9.17) is 0 Å². The summed E-state index contributed by atoms with van der Waals surface area (Å²) in [6, 6.07) is 1.50. The minimum atomic E-state index is 0.734. The van der Waals surface area contributed by atoms with E-state index in [9.17, 15) is 0 Å².